The van der Waals surface area contributed by atoms with Crippen LogP contribution >= 0.6 is 23.1 Å². The molecule has 0 unspecified atom stereocenters. The molecule has 2 N–H and O–H groups in total. The zero-order valence-corrected chi connectivity index (χ0v) is 12.5. The lowest BCUT2D eigenvalue weighted by molar-refractivity contribution is -0.133. The normalized spacial score (nSPS) is 9.90. The molecule has 0 fully saturated rings. The second-order valence-electron chi connectivity index (χ2n) is 3.71. The van der Waals surface area contributed by atoms with Crippen LogP contribution in [0.2, 0.25) is 0 Å². The van der Waals surface area contributed by atoms with Crippen molar-refractivity contribution in [2.75, 3.05) is 18.2 Å². The average Bonchev–Trinajstić information content (AvgIpc) is 2.93. The van der Waals surface area contributed by atoms with Gasteiger partial charge in [0.2, 0.25) is 5.13 Å². The van der Waals surface area contributed by atoms with Crippen LogP contribution in [0.1, 0.15) is 5.56 Å². The van der Waals surface area contributed by atoms with Crippen LogP contribution in [0.5, 0.6) is 5.75 Å². The summed E-state index contributed by atoms with van der Waals surface area (Å²) in [6.45, 7) is 0. The second-order valence-corrected chi connectivity index (χ2v) is 5.91. The van der Waals surface area contributed by atoms with Gasteiger partial charge >= 0.3 is 5.97 Å². The molecule has 1 aromatic heterocycles. The lowest BCUT2D eigenvalue weighted by Crippen LogP contribution is -1.96. The van der Waals surface area contributed by atoms with E-state index in [0.717, 1.165) is 11.8 Å². The molecule has 0 amide bonds. The van der Waals surface area contributed by atoms with Crippen LogP contribution < -0.4 is 10.1 Å². The molecule has 0 saturated carbocycles. The van der Waals surface area contributed by atoms with Crippen molar-refractivity contribution in [3.05, 3.63) is 23.8 Å². The van der Waals surface area contributed by atoms with E-state index < -0.39 is 5.97 Å². The van der Waals surface area contributed by atoms with Crippen molar-refractivity contribution in [1.82, 2.24) is 10.2 Å². The van der Waals surface area contributed by atoms with E-state index in [1.165, 1.54) is 18.4 Å². The Morgan fingerprint density at radius 2 is 2.38 bits per heavy atom. The van der Waals surface area contributed by atoms with E-state index in [9.17, 15) is 4.79 Å². The third kappa shape index (κ3) is 4.08. The summed E-state index contributed by atoms with van der Waals surface area (Å²) < 4.78 is 5.77. The highest BCUT2D eigenvalue weighted by Gasteiger charge is 2.10. The van der Waals surface area contributed by atoms with Gasteiger partial charge in [-0.25, -0.2) is 0 Å². The molecule has 0 aliphatic heterocycles. The second kappa shape index (κ2) is 6.92. The minimum Gasteiger partial charge on any atom is -0.495 e. The van der Waals surface area contributed by atoms with Gasteiger partial charge in [0.15, 0.2) is 4.34 Å². The van der Waals surface area contributed by atoms with Gasteiger partial charge in [-0.05, 0) is 12.1 Å². The van der Waals surface area contributed by atoms with Gasteiger partial charge in [0, 0.05) is 6.07 Å². The number of benzene rings is 1. The highest BCUT2D eigenvalue weighted by atomic mass is 32.2. The summed E-state index contributed by atoms with van der Waals surface area (Å²) in [4.78, 5) is 10.5. The van der Waals surface area contributed by atoms with Crippen LogP contribution in [0.3, 0.4) is 0 Å². The van der Waals surface area contributed by atoms with Crippen LogP contribution in [0.4, 0.5) is 10.8 Å². The minimum absolute atomic E-state index is 0.0607. The smallest absolute Gasteiger partial charge is 0.313 e. The highest BCUT2D eigenvalue weighted by Crippen LogP contribution is 2.32. The van der Waals surface area contributed by atoms with Crippen molar-refractivity contribution in [2.24, 2.45) is 0 Å². The number of nitriles is 1. The van der Waals surface area contributed by atoms with E-state index in [0.29, 0.717) is 26.5 Å². The van der Waals surface area contributed by atoms with E-state index in [4.69, 9.17) is 15.1 Å². The lowest BCUT2D eigenvalue weighted by atomic mass is 10.2. The first-order chi connectivity index (χ1) is 10.1. The Kier molecular flexibility index (Phi) is 4.97. The molecule has 2 aromatic rings. The van der Waals surface area contributed by atoms with Gasteiger partial charge in [-0.3, -0.25) is 4.79 Å². The Hall–Kier alpha value is -2.31. The molecular formula is C12H10N4O3S2. The number of hydrogen-bond donors (Lipinski definition) is 2. The predicted octanol–water partition coefficient (Wildman–Crippen LogP) is 2.34. The molecule has 1 heterocycles. The number of ether oxygens (including phenoxy) is 1. The van der Waals surface area contributed by atoms with Crippen LogP contribution in [0.25, 0.3) is 0 Å². The van der Waals surface area contributed by atoms with Crippen LogP contribution in [0, 0.1) is 11.3 Å². The molecule has 0 spiro atoms. The molecule has 0 atom stereocenters. The quantitative estimate of drug-likeness (QED) is 0.780. The molecule has 7 nitrogen and oxygen atoms in total. The summed E-state index contributed by atoms with van der Waals surface area (Å²) in [7, 11) is 1.51. The number of aromatic nitrogens is 2. The third-order valence-electron chi connectivity index (χ3n) is 2.30. The fourth-order valence-corrected chi connectivity index (χ4v) is 2.91. The van der Waals surface area contributed by atoms with Gasteiger partial charge in [0.05, 0.1) is 30.2 Å². The summed E-state index contributed by atoms with van der Waals surface area (Å²) >= 11 is 2.35. The predicted molar refractivity (Wildman–Crippen MR) is 79.3 cm³/mol. The molecule has 0 bridgehead atoms. The number of nitrogens with one attached hydrogen (secondary N) is 1. The van der Waals surface area contributed by atoms with Gasteiger partial charge in [-0.2, -0.15) is 5.26 Å². The van der Waals surface area contributed by atoms with Gasteiger partial charge in [-0.15, -0.1) is 10.2 Å². The number of carbonyl (C=O) groups is 1. The Bertz CT molecular complexity index is 696. The van der Waals surface area contributed by atoms with Crippen molar-refractivity contribution < 1.29 is 14.6 Å². The molecule has 9 heteroatoms. The molecule has 0 radical (unpaired) electrons. The fourth-order valence-electron chi connectivity index (χ4n) is 1.42. The number of nitrogens with zero attached hydrogens (tertiary/aromatic N) is 3. The number of aliphatic carboxylic acids is 1. The Balaban J connectivity index is 2.11. The summed E-state index contributed by atoms with van der Waals surface area (Å²) in [6, 6.07) is 7.02. The number of carboxylic acid groups (broad SMARTS) is 1. The van der Waals surface area contributed by atoms with E-state index in [1.54, 1.807) is 18.2 Å². The maximum atomic E-state index is 10.5. The number of rotatable bonds is 6. The Morgan fingerprint density at radius 3 is 3.05 bits per heavy atom. The molecule has 2 rings (SSSR count). The van der Waals surface area contributed by atoms with E-state index in [-0.39, 0.29) is 5.75 Å². The third-order valence-corrected chi connectivity index (χ3v) is 4.25. The summed E-state index contributed by atoms with van der Waals surface area (Å²) in [6.07, 6.45) is 0. The first kappa shape index (κ1) is 15.1. The number of hydrogen-bond acceptors (Lipinski definition) is 8. The van der Waals surface area contributed by atoms with Crippen molar-refractivity contribution in [3.8, 4) is 11.8 Å². The van der Waals surface area contributed by atoms with Gasteiger partial charge in [0.1, 0.15) is 5.75 Å². The molecule has 108 valence electrons. The summed E-state index contributed by atoms with van der Waals surface area (Å²) in [5.41, 5.74) is 1.15. The molecule has 0 saturated heterocycles. The largest absolute Gasteiger partial charge is 0.495 e. The first-order valence-electron chi connectivity index (χ1n) is 5.65. The Morgan fingerprint density at radius 1 is 1.57 bits per heavy atom. The van der Waals surface area contributed by atoms with Crippen LogP contribution in [-0.4, -0.2) is 34.1 Å². The monoisotopic (exact) mass is 322 g/mol. The minimum atomic E-state index is -0.904. The first-order valence-corrected chi connectivity index (χ1v) is 7.46. The van der Waals surface area contributed by atoms with Crippen molar-refractivity contribution >= 4 is 39.9 Å². The summed E-state index contributed by atoms with van der Waals surface area (Å²) in [5, 5.41) is 28.8. The maximum Gasteiger partial charge on any atom is 0.313 e. The lowest BCUT2D eigenvalue weighted by Gasteiger charge is -2.08. The standard InChI is InChI=1S/C12H10N4O3S2/c1-19-9-4-7(5-13)2-3-8(9)14-11-15-16-12(21-11)20-6-10(17)18/h2-4H,6H2,1H3,(H,14,15)(H,17,18). The number of methoxy groups -OCH3 is 1. The molecule has 1 aromatic carbocycles. The van der Waals surface area contributed by atoms with Crippen LogP contribution in [0.15, 0.2) is 22.5 Å². The van der Waals surface area contributed by atoms with Crippen molar-refractivity contribution in [1.29, 1.82) is 5.26 Å². The molecule has 21 heavy (non-hydrogen) atoms. The number of carboxylic acids is 1. The van der Waals surface area contributed by atoms with E-state index in [1.807, 2.05) is 6.07 Å². The zero-order chi connectivity index (χ0) is 15.2. The van der Waals surface area contributed by atoms with E-state index in [2.05, 4.69) is 15.5 Å². The van der Waals surface area contributed by atoms with Crippen molar-refractivity contribution in [3.63, 3.8) is 0 Å². The van der Waals surface area contributed by atoms with Crippen LogP contribution in [-0.2, 0) is 4.79 Å². The number of thioether (sulfide) groups is 1. The molecular weight excluding hydrogens is 312 g/mol. The highest BCUT2D eigenvalue weighted by molar-refractivity contribution is 8.01. The van der Waals surface area contributed by atoms with Gasteiger partial charge < -0.3 is 15.2 Å². The fraction of sp³-hybridized carbons (Fsp3) is 0.167. The zero-order valence-electron chi connectivity index (χ0n) is 10.9. The number of anilines is 2. The maximum absolute atomic E-state index is 10.5. The molecule has 0 aliphatic rings. The van der Waals surface area contributed by atoms with Gasteiger partial charge in [0.25, 0.3) is 0 Å². The topological polar surface area (TPSA) is 108 Å². The SMILES string of the molecule is COc1cc(C#N)ccc1Nc1nnc(SCC(=O)O)s1. The average molecular weight is 322 g/mol. The molecule has 0 aliphatic carbocycles. The Labute approximate surface area is 128 Å². The van der Waals surface area contributed by atoms with Gasteiger partial charge in [-0.1, -0.05) is 23.1 Å². The van der Waals surface area contributed by atoms with Crippen molar-refractivity contribution in [2.45, 2.75) is 4.34 Å². The van der Waals surface area contributed by atoms with E-state index >= 15 is 0 Å². The summed E-state index contributed by atoms with van der Waals surface area (Å²) in [5.74, 6) is -0.447.